The van der Waals surface area contributed by atoms with Gasteiger partial charge in [0.05, 0.1) is 0 Å². The summed E-state index contributed by atoms with van der Waals surface area (Å²) in [6, 6.07) is 3.62. The third kappa shape index (κ3) is 1.68. The lowest BCUT2D eigenvalue weighted by Crippen LogP contribution is -2.10. The van der Waals surface area contributed by atoms with Crippen LogP contribution in [0.1, 0.15) is 29.2 Å². The molecule has 1 aromatic rings. The molecule has 0 radical (unpaired) electrons. The fourth-order valence-electron chi connectivity index (χ4n) is 1.61. The average Bonchev–Trinajstić information content (AvgIpc) is 2.71. The van der Waals surface area contributed by atoms with E-state index in [2.05, 4.69) is 4.98 Å². The van der Waals surface area contributed by atoms with Crippen molar-refractivity contribution in [3.05, 3.63) is 33.7 Å². The molecule has 0 aromatic carbocycles. The number of rotatable bonds is 1. The highest BCUT2D eigenvalue weighted by atomic mass is 32.2. The van der Waals surface area contributed by atoms with Crippen LogP contribution in [0.5, 0.6) is 0 Å². The first-order valence-electron chi connectivity index (χ1n) is 4.55. The molecule has 1 unspecified atom stereocenters. The molecule has 1 aliphatic heterocycles. The predicted molar refractivity (Wildman–Crippen MR) is 56.2 cm³/mol. The van der Waals surface area contributed by atoms with Crippen LogP contribution in [0.15, 0.2) is 17.1 Å². The molecule has 0 saturated carbocycles. The van der Waals surface area contributed by atoms with Gasteiger partial charge in [-0.1, -0.05) is 0 Å². The molecule has 0 amide bonds. The normalized spacial score (nSPS) is 20.6. The van der Waals surface area contributed by atoms with Gasteiger partial charge in [0.25, 0.3) is 5.56 Å². The lowest BCUT2D eigenvalue weighted by molar-refractivity contribution is 0.824. The number of nitriles is 1. The predicted octanol–water partition coefficient (Wildman–Crippen LogP) is 1.81. The first kappa shape index (κ1) is 9.35. The largest absolute Gasteiger partial charge is 0.328 e. The van der Waals surface area contributed by atoms with Crippen molar-refractivity contribution < 1.29 is 0 Å². The lowest BCUT2D eigenvalue weighted by Gasteiger charge is -2.07. The van der Waals surface area contributed by atoms with Gasteiger partial charge >= 0.3 is 0 Å². The molecule has 1 aromatic heterocycles. The lowest BCUT2D eigenvalue weighted by atomic mass is 10.1. The van der Waals surface area contributed by atoms with E-state index in [4.69, 9.17) is 5.26 Å². The quantitative estimate of drug-likeness (QED) is 0.762. The Hall–Kier alpha value is -1.21. The minimum Gasteiger partial charge on any atom is -0.328 e. The molecule has 1 aliphatic rings. The Morgan fingerprint density at radius 1 is 1.64 bits per heavy atom. The minimum absolute atomic E-state index is 0.218. The van der Waals surface area contributed by atoms with Gasteiger partial charge in [-0.25, -0.2) is 0 Å². The smallest absolute Gasteiger partial charge is 0.265 e. The molecule has 72 valence electrons. The van der Waals surface area contributed by atoms with E-state index >= 15 is 0 Å². The third-order valence-corrected chi connectivity index (χ3v) is 3.78. The molecule has 1 atom stereocenters. The molecule has 0 bridgehead atoms. The molecule has 0 spiro atoms. The number of H-pyrrole nitrogens is 1. The highest BCUT2D eigenvalue weighted by Gasteiger charge is 2.18. The van der Waals surface area contributed by atoms with Crippen LogP contribution in [-0.2, 0) is 0 Å². The summed E-state index contributed by atoms with van der Waals surface area (Å²) in [7, 11) is 0. The van der Waals surface area contributed by atoms with Crippen LogP contribution in [0.2, 0.25) is 0 Å². The maximum Gasteiger partial charge on any atom is 0.265 e. The zero-order valence-corrected chi connectivity index (χ0v) is 8.43. The number of aromatic nitrogens is 1. The topological polar surface area (TPSA) is 56.6 Å². The molecule has 4 heteroatoms. The molecule has 0 aliphatic carbocycles. The second-order valence-corrected chi connectivity index (χ2v) is 4.60. The minimum atomic E-state index is -0.292. The number of hydrogen-bond donors (Lipinski definition) is 1. The van der Waals surface area contributed by atoms with Gasteiger partial charge in [0.2, 0.25) is 0 Å². The van der Waals surface area contributed by atoms with Gasteiger partial charge in [-0.2, -0.15) is 17.0 Å². The van der Waals surface area contributed by atoms with Gasteiger partial charge in [0, 0.05) is 11.4 Å². The molecule has 1 fully saturated rings. The van der Waals surface area contributed by atoms with E-state index in [1.165, 1.54) is 12.2 Å². The Balaban J connectivity index is 2.36. The number of pyridine rings is 1. The molecular weight excluding hydrogens is 196 g/mol. The van der Waals surface area contributed by atoms with Crippen molar-refractivity contribution in [3.63, 3.8) is 0 Å². The van der Waals surface area contributed by atoms with Crippen molar-refractivity contribution >= 4 is 11.8 Å². The van der Waals surface area contributed by atoms with Gasteiger partial charge in [0.1, 0.15) is 11.6 Å². The summed E-state index contributed by atoms with van der Waals surface area (Å²) in [5.74, 6) is 1.17. The highest BCUT2D eigenvalue weighted by molar-refractivity contribution is 7.99. The van der Waals surface area contributed by atoms with Crippen molar-refractivity contribution in [3.8, 4) is 6.07 Å². The first-order chi connectivity index (χ1) is 6.81. The highest BCUT2D eigenvalue weighted by Crippen LogP contribution is 2.39. The van der Waals surface area contributed by atoms with Crippen LogP contribution < -0.4 is 5.56 Å². The van der Waals surface area contributed by atoms with E-state index in [0.29, 0.717) is 5.25 Å². The van der Waals surface area contributed by atoms with Crippen molar-refractivity contribution in [2.24, 2.45) is 0 Å². The molecule has 2 rings (SSSR count). The number of nitrogens with zero attached hydrogens (tertiary/aromatic N) is 1. The summed E-state index contributed by atoms with van der Waals surface area (Å²) < 4.78 is 0. The van der Waals surface area contributed by atoms with Gasteiger partial charge in [0.15, 0.2) is 0 Å². The number of aromatic amines is 1. The Labute approximate surface area is 86.1 Å². The molecule has 14 heavy (non-hydrogen) atoms. The van der Waals surface area contributed by atoms with E-state index < -0.39 is 0 Å². The molecule has 1 saturated heterocycles. The Kier molecular flexibility index (Phi) is 2.60. The van der Waals surface area contributed by atoms with Crippen LogP contribution in [-0.4, -0.2) is 10.7 Å². The van der Waals surface area contributed by atoms with Crippen molar-refractivity contribution in [2.75, 3.05) is 5.75 Å². The second kappa shape index (κ2) is 3.89. The molecule has 1 N–H and O–H groups in total. The van der Waals surface area contributed by atoms with Crippen molar-refractivity contribution in [1.29, 1.82) is 5.26 Å². The number of thioether (sulfide) groups is 1. The zero-order chi connectivity index (χ0) is 9.97. The summed E-state index contributed by atoms with van der Waals surface area (Å²) >= 11 is 1.89. The second-order valence-electron chi connectivity index (χ2n) is 3.29. The third-order valence-electron chi connectivity index (χ3n) is 2.35. The summed E-state index contributed by atoms with van der Waals surface area (Å²) in [4.78, 5) is 13.7. The van der Waals surface area contributed by atoms with Gasteiger partial charge in [-0.3, -0.25) is 4.79 Å². The summed E-state index contributed by atoms with van der Waals surface area (Å²) in [6.07, 6.45) is 4.09. The Morgan fingerprint density at radius 2 is 2.50 bits per heavy atom. The van der Waals surface area contributed by atoms with Crippen LogP contribution in [0.4, 0.5) is 0 Å². The van der Waals surface area contributed by atoms with Gasteiger partial charge in [-0.05, 0) is 30.2 Å². The Bertz CT molecular complexity index is 426. The van der Waals surface area contributed by atoms with Crippen LogP contribution in [0.25, 0.3) is 0 Å². The van der Waals surface area contributed by atoms with E-state index in [9.17, 15) is 4.79 Å². The van der Waals surface area contributed by atoms with E-state index in [1.807, 2.05) is 17.8 Å². The standard InChI is InChI=1S/C10H10N2OS/c11-5-7-4-8(6-12-10(7)13)9-2-1-3-14-9/h4,6,9H,1-3H2,(H,12,13). The van der Waals surface area contributed by atoms with Crippen molar-refractivity contribution in [2.45, 2.75) is 18.1 Å². The molecule has 3 nitrogen and oxygen atoms in total. The summed E-state index contributed by atoms with van der Waals surface area (Å²) in [5.41, 5.74) is 0.998. The first-order valence-corrected chi connectivity index (χ1v) is 5.60. The van der Waals surface area contributed by atoms with E-state index in [1.54, 1.807) is 12.3 Å². The summed E-state index contributed by atoms with van der Waals surface area (Å²) in [5, 5.41) is 9.17. The monoisotopic (exact) mass is 206 g/mol. The van der Waals surface area contributed by atoms with Crippen LogP contribution >= 0.6 is 11.8 Å². The average molecular weight is 206 g/mol. The molecule has 2 heterocycles. The SMILES string of the molecule is N#Cc1cc(C2CCCS2)c[nH]c1=O. The summed E-state index contributed by atoms with van der Waals surface area (Å²) in [6.45, 7) is 0. The zero-order valence-electron chi connectivity index (χ0n) is 7.62. The van der Waals surface area contributed by atoms with Gasteiger partial charge < -0.3 is 4.98 Å². The maximum atomic E-state index is 11.1. The van der Waals surface area contributed by atoms with E-state index in [-0.39, 0.29) is 11.1 Å². The fourth-order valence-corrected chi connectivity index (χ4v) is 2.89. The van der Waals surface area contributed by atoms with Crippen molar-refractivity contribution in [1.82, 2.24) is 4.98 Å². The Morgan fingerprint density at radius 3 is 3.14 bits per heavy atom. The number of hydrogen-bond acceptors (Lipinski definition) is 3. The maximum absolute atomic E-state index is 11.1. The van der Waals surface area contributed by atoms with Gasteiger partial charge in [-0.15, -0.1) is 0 Å². The van der Waals surface area contributed by atoms with E-state index in [0.717, 1.165) is 12.0 Å². The van der Waals surface area contributed by atoms with Crippen LogP contribution in [0.3, 0.4) is 0 Å². The fraction of sp³-hybridized carbons (Fsp3) is 0.400. The van der Waals surface area contributed by atoms with Crippen LogP contribution in [0, 0.1) is 11.3 Å². The number of nitrogens with one attached hydrogen (secondary N) is 1. The molecular formula is C10H10N2OS.